The minimum atomic E-state index is -1.10. The molecule has 7 rings (SSSR count). The molecule has 3 fully saturated rings. The van der Waals surface area contributed by atoms with Crippen LogP contribution in [-0.2, 0) is 4.79 Å². The summed E-state index contributed by atoms with van der Waals surface area (Å²) in [4.78, 5) is 31.7. The molecule has 1 amide bonds. The van der Waals surface area contributed by atoms with Gasteiger partial charge in [-0.2, -0.15) is 0 Å². The molecule has 2 aliphatic heterocycles. The second-order valence-electron chi connectivity index (χ2n) is 12.9. The highest BCUT2D eigenvalue weighted by Gasteiger charge is 2.45. The third-order valence-electron chi connectivity index (χ3n) is 10.1. The summed E-state index contributed by atoms with van der Waals surface area (Å²) in [6.07, 6.45) is 3.55. The molecule has 0 radical (unpaired) electrons. The lowest BCUT2D eigenvalue weighted by molar-refractivity contribution is -0.122. The van der Waals surface area contributed by atoms with Gasteiger partial charge in [0.1, 0.15) is 18.5 Å². The van der Waals surface area contributed by atoms with Crippen molar-refractivity contribution in [2.75, 3.05) is 42.9 Å². The van der Waals surface area contributed by atoms with Gasteiger partial charge in [0.25, 0.3) is 0 Å². The molecule has 2 aromatic carbocycles. The van der Waals surface area contributed by atoms with Gasteiger partial charge in [-0.15, -0.1) is 12.4 Å². The highest BCUT2D eigenvalue weighted by Crippen LogP contribution is 2.39. The van der Waals surface area contributed by atoms with Gasteiger partial charge in [0.15, 0.2) is 17.0 Å². The molecule has 0 unspecified atom stereocenters. The molecule has 11 nitrogen and oxygen atoms in total. The summed E-state index contributed by atoms with van der Waals surface area (Å²) >= 11 is 0. The normalized spacial score (nSPS) is 24.6. The average Bonchev–Trinajstić information content (AvgIpc) is 3.90. The van der Waals surface area contributed by atoms with E-state index >= 15 is 0 Å². The number of aliphatic hydroxyl groups excluding tert-OH is 2. The molecular weight excluding hydrogens is 616 g/mol. The van der Waals surface area contributed by atoms with E-state index in [9.17, 15) is 15.0 Å². The molecule has 4 N–H and O–H groups in total. The molecule has 1 aliphatic carbocycles. The van der Waals surface area contributed by atoms with E-state index in [1.807, 2.05) is 16.7 Å². The number of hydrogen-bond acceptors (Lipinski definition) is 9. The molecule has 2 saturated heterocycles. The second-order valence-corrected chi connectivity index (χ2v) is 12.9. The van der Waals surface area contributed by atoms with Crippen LogP contribution in [0.5, 0.6) is 0 Å². The Morgan fingerprint density at radius 1 is 0.957 bits per heavy atom. The van der Waals surface area contributed by atoms with Crippen molar-refractivity contribution >= 4 is 41.2 Å². The average molecular weight is 661 g/mol. The Balaban J connectivity index is 0.00000386. The number of aromatic nitrogens is 4. The quantitative estimate of drug-likeness (QED) is 0.201. The maximum Gasteiger partial charge on any atom is 0.220 e. The fourth-order valence-corrected chi connectivity index (χ4v) is 7.60. The number of nitrogens with zero attached hydrogens (tertiary/aromatic N) is 6. The molecule has 4 heterocycles. The zero-order valence-corrected chi connectivity index (χ0v) is 27.6. The molecule has 0 bridgehead atoms. The molecule has 47 heavy (non-hydrogen) atoms. The lowest BCUT2D eigenvalue weighted by atomic mass is 9.91. The van der Waals surface area contributed by atoms with E-state index in [0.717, 1.165) is 38.5 Å². The summed E-state index contributed by atoms with van der Waals surface area (Å²) < 4.78 is 1.99. The van der Waals surface area contributed by atoms with E-state index in [1.165, 1.54) is 30.3 Å². The highest BCUT2D eigenvalue weighted by molar-refractivity contribution is 5.86. The van der Waals surface area contributed by atoms with Gasteiger partial charge in [-0.05, 0) is 49.9 Å². The first-order valence-electron chi connectivity index (χ1n) is 16.7. The summed E-state index contributed by atoms with van der Waals surface area (Å²) in [7, 11) is 0. The van der Waals surface area contributed by atoms with E-state index in [2.05, 4.69) is 73.9 Å². The molecule has 1 saturated carbocycles. The van der Waals surface area contributed by atoms with Crippen molar-refractivity contribution in [1.82, 2.24) is 29.7 Å². The van der Waals surface area contributed by atoms with Crippen LogP contribution in [0.2, 0.25) is 0 Å². The summed E-state index contributed by atoms with van der Waals surface area (Å²) in [6.45, 7) is 6.31. The summed E-state index contributed by atoms with van der Waals surface area (Å²) in [5.41, 5.74) is 3.63. The number of likely N-dealkylation sites (tertiary alicyclic amines) is 1. The van der Waals surface area contributed by atoms with E-state index in [0.29, 0.717) is 42.4 Å². The molecule has 2 aromatic heterocycles. The smallest absolute Gasteiger partial charge is 0.220 e. The monoisotopic (exact) mass is 660 g/mol. The lowest BCUT2D eigenvalue weighted by Gasteiger charge is -2.26. The Morgan fingerprint density at radius 2 is 1.64 bits per heavy atom. The number of fused-ring (bicyclic) bond motifs is 1. The van der Waals surface area contributed by atoms with E-state index in [1.54, 1.807) is 6.92 Å². The van der Waals surface area contributed by atoms with Crippen molar-refractivity contribution in [2.24, 2.45) is 0 Å². The molecule has 12 heteroatoms. The van der Waals surface area contributed by atoms with Gasteiger partial charge in [-0.3, -0.25) is 14.3 Å². The van der Waals surface area contributed by atoms with Crippen molar-refractivity contribution in [1.29, 1.82) is 0 Å². The van der Waals surface area contributed by atoms with Crippen LogP contribution in [0.25, 0.3) is 11.2 Å². The molecule has 250 valence electrons. The summed E-state index contributed by atoms with van der Waals surface area (Å²) in [6, 6.07) is 20.2. The van der Waals surface area contributed by atoms with Crippen LogP contribution in [0.3, 0.4) is 0 Å². The Kier molecular flexibility index (Phi) is 10.3. The van der Waals surface area contributed by atoms with Gasteiger partial charge in [0, 0.05) is 38.0 Å². The van der Waals surface area contributed by atoms with Gasteiger partial charge >= 0.3 is 0 Å². The number of hydrogen-bond donors (Lipinski definition) is 4. The van der Waals surface area contributed by atoms with E-state index < -0.39 is 24.3 Å². The van der Waals surface area contributed by atoms with Crippen LogP contribution in [0.1, 0.15) is 62.1 Å². The number of amides is 1. The topological polar surface area (TPSA) is 132 Å². The number of benzene rings is 2. The number of carbonyl (C=O) groups excluding carboxylic acids is 1. The first-order valence-corrected chi connectivity index (χ1v) is 16.7. The van der Waals surface area contributed by atoms with Gasteiger partial charge in [-0.25, -0.2) is 15.0 Å². The van der Waals surface area contributed by atoms with Crippen LogP contribution in [0.4, 0.5) is 11.8 Å². The molecular formula is C35H45ClN8O3. The zero-order valence-electron chi connectivity index (χ0n) is 26.8. The molecule has 0 spiro atoms. The third-order valence-corrected chi connectivity index (χ3v) is 10.1. The SMILES string of the molecule is CCC(=O)N[C@H]1C[C@@H](n2c(N3CC[C@@H](N4CCCC4)C3)nc3c(NCC(c4ccccc4)c4ccccc4)ncnc32)[C@H](O)[C@@H]1O.Cl. The Labute approximate surface area is 281 Å². The number of carbonyl (C=O) groups is 1. The van der Waals surface area contributed by atoms with Crippen LogP contribution in [0.15, 0.2) is 67.0 Å². The first-order chi connectivity index (χ1) is 22.5. The summed E-state index contributed by atoms with van der Waals surface area (Å²) in [5, 5.41) is 28.9. The van der Waals surface area contributed by atoms with Gasteiger partial charge in [0.05, 0.1) is 12.1 Å². The van der Waals surface area contributed by atoms with Crippen molar-refractivity contribution in [3.63, 3.8) is 0 Å². The number of imidazole rings is 1. The Hall–Kier alpha value is -3.77. The maximum absolute atomic E-state index is 12.3. The first kappa shape index (κ1) is 33.1. The van der Waals surface area contributed by atoms with Crippen molar-refractivity contribution in [3.8, 4) is 0 Å². The highest BCUT2D eigenvalue weighted by atomic mass is 35.5. The number of anilines is 2. The van der Waals surface area contributed by atoms with Crippen molar-refractivity contribution in [3.05, 3.63) is 78.1 Å². The Morgan fingerprint density at radius 3 is 2.30 bits per heavy atom. The maximum atomic E-state index is 12.3. The minimum Gasteiger partial charge on any atom is -0.388 e. The fourth-order valence-electron chi connectivity index (χ4n) is 7.60. The van der Waals surface area contributed by atoms with Gasteiger partial charge < -0.3 is 25.7 Å². The standard InChI is InChI=1S/C35H44N8O3.ClH/c1-2-29(44)39-27-19-28(32(46)31(27)45)43-34-30(40-35(43)42-18-15-25(21-42)41-16-9-10-17-41)33(37-22-38-34)36-20-26(23-11-5-3-6-12-23)24-13-7-4-8-14-24;/h3-8,11-14,22,25-28,31-32,45-46H,2,9-10,15-21H2,1H3,(H,39,44)(H,36,37,38);1H/t25-,27+,28-,31-,32+;/m1./s1. The third kappa shape index (κ3) is 6.67. The van der Waals surface area contributed by atoms with Crippen molar-refractivity contribution < 1.29 is 15.0 Å². The van der Waals surface area contributed by atoms with Gasteiger partial charge in [-0.1, -0.05) is 67.6 Å². The molecule has 4 aromatic rings. The number of halogens is 1. The van der Waals surface area contributed by atoms with Crippen LogP contribution in [0, 0.1) is 0 Å². The van der Waals surface area contributed by atoms with Crippen LogP contribution in [-0.4, -0.2) is 97.6 Å². The number of aliphatic hydroxyl groups is 2. The Bertz CT molecular complexity index is 1590. The summed E-state index contributed by atoms with van der Waals surface area (Å²) in [5.74, 6) is 1.28. The second kappa shape index (κ2) is 14.6. The van der Waals surface area contributed by atoms with E-state index in [4.69, 9.17) is 9.97 Å². The van der Waals surface area contributed by atoms with Crippen molar-refractivity contribution in [2.45, 2.75) is 75.3 Å². The molecule has 3 aliphatic rings. The molecule has 5 atom stereocenters. The number of nitrogens with one attached hydrogen (secondary N) is 2. The van der Waals surface area contributed by atoms with Gasteiger partial charge in [0.2, 0.25) is 11.9 Å². The minimum absolute atomic E-state index is 0. The van der Waals surface area contributed by atoms with Crippen LogP contribution >= 0.6 is 12.4 Å². The lowest BCUT2D eigenvalue weighted by Crippen LogP contribution is -2.42. The fraction of sp³-hybridized carbons (Fsp3) is 0.486. The van der Waals surface area contributed by atoms with E-state index in [-0.39, 0.29) is 24.2 Å². The largest absolute Gasteiger partial charge is 0.388 e. The zero-order chi connectivity index (χ0) is 31.6. The predicted molar refractivity (Wildman–Crippen MR) is 185 cm³/mol. The predicted octanol–water partition coefficient (Wildman–Crippen LogP) is 3.73. The number of rotatable bonds is 10. The van der Waals surface area contributed by atoms with Crippen LogP contribution < -0.4 is 15.5 Å².